The number of unbranched alkanes of at least 4 members (excludes halogenated alkanes) is 3. The molecule has 170 valence electrons. The lowest BCUT2D eigenvalue weighted by Crippen LogP contribution is -2.51. The fourth-order valence-corrected chi connectivity index (χ4v) is 5.59. The maximum absolute atomic E-state index is 12.2. The van der Waals surface area contributed by atoms with Gasteiger partial charge in [0.15, 0.2) is 0 Å². The summed E-state index contributed by atoms with van der Waals surface area (Å²) in [4.78, 5) is 12.9. The van der Waals surface area contributed by atoms with E-state index in [0.717, 1.165) is 97.1 Å². The Morgan fingerprint density at radius 2 is 1.76 bits per heavy atom. The zero-order valence-corrected chi connectivity index (χ0v) is 18.5. The molecular weight excluding hydrogens is 394 g/mol. The summed E-state index contributed by atoms with van der Waals surface area (Å²) >= 11 is -1.95. The smallest absolute Gasteiger partial charge is 0.404 e. The number of nitrogens with zero attached hydrogens (tertiary/aromatic N) is 2. The fraction of sp³-hybridized carbons (Fsp3) is 0.950. The Morgan fingerprint density at radius 3 is 2.41 bits per heavy atom. The molecule has 0 bridgehead atoms. The number of morpholine rings is 1. The van der Waals surface area contributed by atoms with Crippen molar-refractivity contribution in [1.29, 1.82) is 0 Å². The Bertz CT molecular complexity index is 497. The summed E-state index contributed by atoms with van der Waals surface area (Å²) in [5.74, 6) is 0. The minimum absolute atomic E-state index is 0.158. The van der Waals surface area contributed by atoms with Gasteiger partial charge in [-0.15, -0.1) is 0 Å². The van der Waals surface area contributed by atoms with Crippen LogP contribution in [0.25, 0.3) is 0 Å². The second kappa shape index (κ2) is 13.5. The number of rotatable bonds is 13. The van der Waals surface area contributed by atoms with Gasteiger partial charge in [-0.3, -0.25) is 9.45 Å². The van der Waals surface area contributed by atoms with Gasteiger partial charge in [-0.1, -0.05) is 32.1 Å². The van der Waals surface area contributed by atoms with Gasteiger partial charge in [0.25, 0.3) is 0 Å². The Kier molecular flexibility index (Phi) is 11.5. The summed E-state index contributed by atoms with van der Waals surface area (Å²) in [5.41, 5.74) is -0.158. The minimum Gasteiger partial charge on any atom is -0.465 e. The van der Waals surface area contributed by atoms with Crippen LogP contribution in [0, 0.1) is 0 Å². The van der Waals surface area contributed by atoms with Crippen LogP contribution < -0.4 is 5.32 Å². The fourth-order valence-electron chi connectivity index (χ4n) is 4.70. The first kappa shape index (κ1) is 24.5. The average molecular weight is 434 g/mol. The minimum atomic E-state index is -1.95. The molecule has 0 aromatic carbocycles. The molecule has 0 spiro atoms. The van der Waals surface area contributed by atoms with Gasteiger partial charge in [0, 0.05) is 31.7 Å². The zero-order chi connectivity index (χ0) is 21.0. The lowest BCUT2D eigenvalue weighted by atomic mass is 9.78. The number of carboxylic acid groups (broad SMARTS) is 1. The molecule has 3 N–H and O–H groups in total. The lowest BCUT2D eigenvalue weighted by molar-refractivity contribution is 0.0334. The van der Waals surface area contributed by atoms with Gasteiger partial charge in [0.1, 0.15) is 0 Å². The molecule has 1 saturated carbocycles. The maximum Gasteiger partial charge on any atom is 0.404 e. The number of hydrogen-bond acceptors (Lipinski definition) is 4. The molecule has 1 aliphatic heterocycles. The third kappa shape index (κ3) is 8.88. The number of carbonyl (C=O) groups is 1. The largest absolute Gasteiger partial charge is 0.465 e. The highest BCUT2D eigenvalue weighted by Gasteiger charge is 2.40. The lowest BCUT2D eigenvalue weighted by Gasteiger charge is -2.45. The molecule has 1 aliphatic carbocycles. The Labute approximate surface area is 177 Å². The molecule has 9 heteroatoms. The Hall–Kier alpha value is -0.740. The molecule has 8 nitrogen and oxygen atoms in total. The summed E-state index contributed by atoms with van der Waals surface area (Å²) in [6, 6.07) is 0. The summed E-state index contributed by atoms with van der Waals surface area (Å²) in [6.45, 7) is 5.72. The van der Waals surface area contributed by atoms with Crippen LogP contribution in [0.4, 0.5) is 4.79 Å². The molecule has 2 aliphatic rings. The number of nitrogens with one attached hydrogen (secondary N) is 1. The first-order valence-electron chi connectivity index (χ1n) is 11.2. The predicted molar refractivity (Wildman–Crippen MR) is 114 cm³/mol. The first-order chi connectivity index (χ1) is 14.0. The molecule has 29 heavy (non-hydrogen) atoms. The third-order valence-electron chi connectivity index (χ3n) is 6.29. The van der Waals surface area contributed by atoms with Crippen molar-refractivity contribution in [1.82, 2.24) is 14.5 Å². The summed E-state index contributed by atoms with van der Waals surface area (Å²) in [5, 5.41) is 11.0. The van der Waals surface area contributed by atoms with Crippen molar-refractivity contribution < 1.29 is 23.4 Å². The van der Waals surface area contributed by atoms with E-state index in [1.54, 1.807) is 0 Å². The van der Waals surface area contributed by atoms with Crippen LogP contribution in [-0.4, -0.2) is 80.6 Å². The SMILES string of the molecule is O=C(O)NCCCCCCN(S(=O)O)C1(CCCN2CCOCC2)CCCCC1. The van der Waals surface area contributed by atoms with Crippen molar-refractivity contribution in [3.05, 3.63) is 0 Å². The van der Waals surface area contributed by atoms with E-state index >= 15 is 0 Å². The van der Waals surface area contributed by atoms with E-state index in [1.165, 1.54) is 6.42 Å². The molecule has 0 aromatic rings. The monoisotopic (exact) mass is 433 g/mol. The van der Waals surface area contributed by atoms with Crippen molar-refractivity contribution in [3.8, 4) is 0 Å². The predicted octanol–water partition coefficient (Wildman–Crippen LogP) is 3.07. The number of amides is 1. The third-order valence-corrected chi connectivity index (χ3v) is 7.23. The summed E-state index contributed by atoms with van der Waals surface area (Å²) in [6.07, 6.45) is 10.1. The van der Waals surface area contributed by atoms with E-state index in [4.69, 9.17) is 9.84 Å². The summed E-state index contributed by atoms with van der Waals surface area (Å²) in [7, 11) is 0. The van der Waals surface area contributed by atoms with E-state index in [9.17, 15) is 13.6 Å². The van der Waals surface area contributed by atoms with Crippen molar-refractivity contribution in [3.63, 3.8) is 0 Å². The van der Waals surface area contributed by atoms with Gasteiger partial charge in [0.2, 0.25) is 11.3 Å². The second-order valence-electron chi connectivity index (χ2n) is 8.32. The quantitative estimate of drug-likeness (QED) is 0.305. The van der Waals surface area contributed by atoms with E-state index < -0.39 is 17.4 Å². The molecule has 1 saturated heterocycles. The van der Waals surface area contributed by atoms with Crippen LogP contribution in [0.5, 0.6) is 0 Å². The molecule has 1 amide bonds. The highest BCUT2D eigenvalue weighted by molar-refractivity contribution is 7.76. The van der Waals surface area contributed by atoms with Crippen molar-refractivity contribution in [2.24, 2.45) is 0 Å². The number of ether oxygens (including phenoxy) is 1. The Morgan fingerprint density at radius 1 is 1.07 bits per heavy atom. The highest BCUT2D eigenvalue weighted by atomic mass is 32.2. The molecule has 0 radical (unpaired) electrons. The van der Waals surface area contributed by atoms with Gasteiger partial charge < -0.3 is 15.2 Å². The average Bonchev–Trinajstić information content (AvgIpc) is 2.71. The van der Waals surface area contributed by atoms with E-state index in [-0.39, 0.29) is 5.54 Å². The molecule has 1 atom stereocenters. The topological polar surface area (TPSA) is 102 Å². The molecular formula is C20H39N3O5S. The first-order valence-corrected chi connectivity index (χ1v) is 12.3. The van der Waals surface area contributed by atoms with Gasteiger partial charge in [-0.05, 0) is 45.1 Å². The van der Waals surface area contributed by atoms with Crippen molar-refractivity contribution in [2.75, 3.05) is 45.9 Å². The Balaban J connectivity index is 1.81. The van der Waals surface area contributed by atoms with Crippen LogP contribution in [-0.2, 0) is 16.0 Å². The molecule has 2 fully saturated rings. The van der Waals surface area contributed by atoms with Crippen molar-refractivity contribution in [2.45, 2.75) is 76.2 Å². The normalized spacial score (nSPS) is 21.2. The highest BCUT2D eigenvalue weighted by Crippen LogP contribution is 2.38. The van der Waals surface area contributed by atoms with Gasteiger partial charge in [-0.25, -0.2) is 9.00 Å². The van der Waals surface area contributed by atoms with Gasteiger partial charge in [-0.2, -0.15) is 4.31 Å². The van der Waals surface area contributed by atoms with Crippen LogP contribution in [0.1, 0.15) is 70.6 Å². The summed E-state index contributed by atoms with van der Waals surface area (Å²) < 4.78 is 29.6. The van der Waals surface area contributed by atoms with Gasteiger partial charge >= 0.3 is 6.09 Å². The van der Waals surface area contributed by atoms with E-state index in [0.29, 0.717) is 13.1 Å². The second-order valence-corrected chi connectivity index (χ2v) is 9.22. The van der Waals surface area contributed by atoms with Crippen LogP contribution >= 0.6 is 0 Å². The van der Waals surface area contributed by atoms with Crippen LogP contribution in [0.2, 0.25) is 0 Å². The maximum atomic E-state index is 12.2. The van der Waals surface area contributed by atoms with Gasteiger partial charge in [0.05, 0.1) is 13.2 Å². The van der Waals surface area contributed by atoms with Crippen molar-refractivity contribution >= 4 is 17.4 Å². The number of hydrogen-bond donors (Lipinski definition) is 3. The standard InChI is InChI=1S/C20H39N3O5S/c24-19(25)21-12-6-1-2-7-14-23(29(26)27)20(9-4-3-5-10-20)11-8-13-22-15-17-28-18-16-22/h21H,1-18H2,(H,24,25)(H,26,27). The molecule has 1 unspecified atom stereocenters. The zero-order valence-electron chi connectivity index (χ0n) is 17.6. The molecule has 2 rings (SSSR count). The van der Waals surface area contributed by atoms with Crippen LogP contribution in [0.15, 0.2) is 0 Å². The van der Waals surface area contributed by atoms with E-state index in [1.807, 2.05) is 4.31 Å². The van der Waals surface area contributed by atoms with E-state index in [2.05, 4.69) is 10.2 Å². The molecule has 1 heterocycles. The van der Waals surface area contributed by atoms with Crippen LogP contribution in [0.3, 0.4) is 0 Å². The molecule has 0 aromatic heterocycles.